The molecule has 0 bridgehead atoms. The zero-order valence-electron chi connectivity index (χ0n) is 16.7. The van der Waals surface area contributed by atoms with E-state index in [-0.39, 0.29) is 23.7 Å². The summed E-state index contributed by atoms with van der Waals surface area (Å²) in [6.45, 7) is 18.7. The first-order valence-electron chi connectivity index (χ1n) is 8.52. The van der Waals surface area contributed by atoms with Crippen LogP contribution in [0.5, 0.6) is 0 Å². The molecule has 1 rings (SSSR count). The van der Waals surface area contributed by atoms with E-state index in [0.29, 0.717) is 0 Å². The Morgan fingerprint density at radius 1 is 1.16 bits per heavy atom. The van der Waals surface area contributed by atoms with Crippen molar-refractivity contribution in [2.75, 3.05) is 13.2 Å². The summed E-state index contributed by atoms with van der Waals surface area (Å²) in [6, 6.07) is 0. The van der Waals surface area contributed by atoms with Crippen molar-refractivity contribution >= 4 is 11.9 Å². The maximum Gasteiger partial charge on any atom is 0.344 e. The average molecular weight is 356 g/mol. The summed E-state index contributed by atoms with van der Waals surface area (Å²) in [5, 5.41) is 0. The van der Waals surface area contributed by atoms with Gasteiger partial charge >= 0.3 is 11.9 Å². The number of rotatable bonds is 6. The lowest BCUT2D eigenvalue weighted by Gasteiger charge is -2.54. The molecule has 6 heteroatoms. The van der Waals surface area contributed by atoms with Gasteiger partial charge in [-0.2, -0.15) is 0 Å². The van der Waals surface area contributed by atoms with Gasteiger partial charge in [0.25, 0.3) is 0 Å². The standard InChI is InChI=1S/C19H32O6/c1-12(2)15(21)22-10-14(20)23-11-17(4,5)16-24-13(3)18(6,7)19(8,9)25-16/h13,16H,1,10-11H2,2-9H3. The second-order valence-corrected chi connectivity index (χ2v) is 8.47. The van der Waals surface area contributed by atoms with Crippen LogP contribution in [-0.2, 0) is 28.5 Å². The van der Waals surface area contributed by atoms with Crippen molar-refractivity contribution in [2.45, 2.75) is 73.4 Å². The minimum atomic E-state index is -0.619. The van der Waals surface area contributed by atoms with Crippen LogP contribution >= 0.6 is 0 Å². The molecular formula is C19H32O6. The van der Waals surface area contributed by atoms with Gasteiger partial charge in [0.15, 0.2) is 12.9 Å². The smallest absolute Gasteiger partial charge is 0.344 e. The number of carbonyl (C=O) groups is 2. The van der Waals surface area contributed by atoms with E-state index in [4.69, 9.17) is 18.9 Å². The maximum atomic E-state index is 11.8. The Hall–Kier alpha value is -1.40. The van der Waals surface area contributed by atoms with E-state index in [1.54, 1.807) is 0 Å². The second-order valence-electron chi connectivity index (χ2n) is 8.47. The highest BCUT2D eigenvalue weighted by atomic mass is 16.7. The molecule has 6 nitrogen and oxygen atoms in total. The maximum absolute atomic E-state index is 11.8. The normalized spacial score (nSPS) is 25.1. The Kier molecular flexibility index (Phi) is 6.46. The Morgan fingerprint density at radius 2 is 1.72 bits per heavy atom. The lowest BCUT2D eigenvalue weighted by molar-refractivity contribution is -0.352. The number of carbonyl (C=O) groups excluding carboxylic acids is 2. The average Bonchev–Trinajstić information content (AvgIpc) is 2.47. The molecule has 1 heterocycles. The van der Waals surface area contributed by atoms with Gasteiger partial charge in [-0.15, -0.1) is 0 Å². The van der Waals surface area contributed by atoms with Crippen LogP contribution in [0.15, 0.2) is 12.2 Å². The SMILES string of the molecule is C=C(C)C(=O)OCC(=O)OCC(C)(C)C1OC(C)C(C)(C)C(C)(C)O1. The molecule has 0 aromatic carbocycles. The third-order valence-electron chi connectivity index (χ3n) is 5.21. The van der Waals surface area contributed by atoms with E-state index in [1.807, 2.05) is 34.6 Å². The molecule has 2 atom stereocenters. The van der Waals surface area contributed by atoms with Crippen LogP contribution in [0.1, 0.15) is 55.4 Å². The van der Waals surface area contributed by atoms with Crippen LogP contribution in [0.2, 0.25) is 0 Å². The summed E-state index contributed by atoms with van der Waals surface area (Å²) in [5.74, 6) is -1.24. The van der Waals surface area contributed by atoms with Gasteiger partial charge in [-0.05, 0) is 27.7 Å². The second kappa shape index (κ2) is 7.46. The lowest BCUT2D eigenvalue weighted by Crippen LogP contribution is -2.60. The summed E-state index contributed by atoms with van der Waals surface area (Å²) in [6.07, 6.45) is -0.538. The number of hydrogen-bond donors (Lipinski definition) is 0. The molecule has 0 aromatic heterocycles. The zero-order valence-corrected chi connectivity index (χ0v) is 16.7. The van der Waals surface area contributed by atoms with E-state index < -0.39 is 35.9 Å². The summed E-state index contributed by atoms with van der Waals surface area (Å²) < 4.78 is 22.2. The van der Waals surface area contributed by atoms with Crippen molar-refractivity contribution in [3.8, 4) is 0 Å². The Bertz CT molecular complexity index is 532. The van der Waals surface area contributed by atoms with Gasteiger partial charge in [-0.25, -0.2) is 9.59 Å². The molecule has 1 aliphatic rings. The van der Waals surface area contributed by atoms with Crippen molar-refractivity contribution in [3.63, 3.8) is 0 Å². The predicted octanol–water partition coefficient (Wildman–Crippen LogP) is 3.24. The van der Waals surface area contributed by atoms with Gasteiger partial charge in [-0.1, -0.05) is 34.3 Å². The molecule has 1 fully saturated rings. The van der Waals surface area contributed by atoms with Crippen molar-refractivity contribution in [2.24, 2.45) is 10.8 Å². The van der Waals surface area contributed by atoms with Gasteiger partial charge < -0.3 is 18.9 Å². The number of ether oxygens (including phenoxy) is 4. The number of esters is 2. The first kappa shape index (κ1) is 21.6. The van der Waals surface area contributed by atoms with E-state index >= 15 is 0 Å². The zero-order chi connectivity index (χ0) is 19.6. The summed E-state index contributed by atoms with van der Waals surface area (Å²) in [4.78, 5) is 23.1. The Morgan fingerprint density at radius 3 is 2.20 bits per heavy atom. The summed E-state index contributed by atoms with van der Waals surface area (Å²) >= 11 is 0. The largest absolute Gasteiger partial charge is 0.462 e. The molecule has 0 radical (unpaired) electrons. The molecular weight excluding hydrogens is 324 g/mol. The van der Waals surface area contributed by atoms with Gasteiger partial charge in [0.2, 0.25) is 0 Å². The van der Waals surface area contributed by atoms with Crippen LogP contribution in [0, 0.1) is 10.8 Å². The van der Waals surface area contributed by atoms with Crippen LogP contribution in [0.4, 0.5) is 0 Å². The van der Waals surface area contributed by atoms with Gasteiger partial charge in [0.1, 0.15) is 6.61 Å². The van der Waals surface area contributed by atoms with Crippen molar-refractivity contribution in [1.82, 2.24) is 0 Å². The molecule has 0 aliphatic carbocycles. The molecule has 0 amide bonds. The molecule has 0 N–H and O–H groups in total. The third kappa shape index (κ3) is 5.05. The van der Waals surface area contributed by atoms with Crippen LogP contribution in [0.25, 0.3) is 0 Å². The fourth-order valence-electron chi connectivity index (χ4n) is 2.26. The van der Waals surface area contributed by atoms with Gasteiger partial charge in [0, 0.05) is 16.4 Å². The highest BCUT2D eigenvalue weighted by Crippen LogP contribution is 2.46. The first-order valence-corrected chi connectivity index (χ1v) is 8.52. The third-order valence-corrected chi connectivity index (χ3v) is 5.21. The predicted molar refractivity (Wildman–Crippen MR) is 93.8 cm³/mol. The lowest BCUT2D eigenvalue weighted by atomic mass is 9.71. The molecule has 1 aliphatic heterocycles. The van der Waals surface area contributed by atoms with E-state index in [2.05, 4.69) is 20.4 Å². The molecule has 0 spiro atoms. The molecule has 1 saturated heterocycles. The fraction of sp³-hybridized carbons (Fsp3) is 0.789. The van der Waals surface area contributed by atoms with Crippen LogP contribution in [0.3, 0.4) is 0 Å². The van der Waals surface area contributed by atoms with Crippen molar-refractivity contribution in [3.05, 3.63) is 12.2 Å². The highest BCUT2D eigenvalue weighted by molar-refractivity contribution is 5.88. The monoisotopic (exact) mass is 356 g/mol. The number of hydrogen-bond acceptors (Lipinski definition) is 6. The quantitative estimate of drug-likeness (QED) is 0.537. The van der Waals surface area contributed by atoms with Crippen molar-refractivity contribution in [1.29, 1.82) is 0 Å². The molecule has 144 valence electrons. The van der Waals surface area contributed by atoms with E-state index in [0.717, 1.165) is 0 Å². The summed E-state index contributed by atoms with van der Waals surface area (Å²) in [7, 11) is 0. The Labute approximate surface area is 150 Å². The fourth-order valence-corrected chi connectivity index (χ4v) is 2.26. The van der Waals surface area contributed by atoms with Gasteiger partial charge in [0.05, 0.1) is 11.7 Å². The van der Waals surface area contributed by atoms with Crippen molar-refractivity contribution < 1.29 is 28.5 Å². The highest BCUT2D eigenvalue weighted by Gasteiger charge is 2.52. The summed E-state index contributed by atoms with van der Waals surface area (Å²) in [5.41, 5.74) is -0.882. The molecule has 0 aromatic rings. The minimum Gasteiger partial charge on any atom is -0.462 e. The van der Waals surface area contributed by atoms with Gasteiger partial charge in [-0.3, -0.25) is 0 Å². The topological polar surface area (TPSA) is 71.1 Å². The molecule has 0 saturated carbocycles. The van der Waals surface area contributed by atoms with E-state index in [9.17, 15) is 9.59 Å². The van der Waals surface area contributed by atoms with Crippen LogP contribution < -0.4 is 0 Å². The Balaban J connectivity index is 2.62. The molecule has 2 unspecified atom stereocenters. The first-order chi connectivity index (χ1) is 11.2. The van der Waals surface area contributed by atoms with Crippen LogP contribution in [-0.4, -0.2) is 43.1 Å². The molecule has 25 heavy (non-hydrogen) atoms. The van der Waals surface area contributed by atoms with E-state index in [1.165, 1.54) is 6.92 Å². The minimum absolute atomic E-state index is 0.0206.